The molecule has 1 aliphatic heterocycles. The summed E-state index contributed by atoms with van der Waals surface area (Å²) in [7, 11) is 0. The maximum Gasteiger partial charge on any atom is 0.146 e. The molecule has 3 heterocycles. The Kier molecular flexibility index (Phi) is 7.02. The first kappa shape index (κ1) is 22.4. The highest BCUT2D eigenvalue weighted by atomic mass is 79.9. The van der Waals surface area contributed by atoms with Crippen LogP contribution in [0.15, 0.2) is 39.3 Å². The minimum atomic E-state index is -1.20. The first-order chi connectivity index (χ1) is 14.4. The molecular weight excluding hydrogens is 539 g/mol. The summed E-state index contributed by atoms with van der Waals surface area (Å²) in [5.74, 6) is 0. The van der Waals surface area contributed by atoms with E-state index < -0.39 is 36.4 Å². The van der Waals surface area contributed by atoms with Crippen LogP contribution in [0.4, 0.5) is 0 Å². The molecule has 1 fully saturated rings. The highest BCUT2D eigenvalue weighted by molar-refractivity contribution is 9.10. The lowest BCUT2D eigenvalue weighted by molar-refractivity contribution is -0.178. The van der Waals surface area contributed by atoms with Crippen LogP contribution in [-0.2, 0) is 4.74 Å². The Balaban J connectivity index is 1.61. The molecule has 1 saturated heterocycles. The molecule has 4 rings (SSSR count). The average molecular weight is 554 g/mol. The number of aliphatic hydroxyl groups is 3. The van der Waals surface area contributed by atoms with E-state index in [1.165, 1.54) is 27.8 Å². The third-order valence-corrected chi connectivity index (χ3v) is 7.96. The van der Waals surface area contributed by atoms with Crippen LogP contribution in [0.25, 0.3) is 10.7 Å². The molecule has 30 heavy (non-hydrogen) atoms. The maximum absolute atomic E-state index is 11.0. The van der Waals surface area contributed by atoms with Crippen molar-refractivity contribution >= 4 is 62.2 Å². The van der Waals surface area contributed by atoms with Crippen LogP contribution in [0.3, 0.4) is 0 Å². The van der Waals surface area contributed by atoms with Crippen LogP contribution in [0.1, 0.15) is 6.04 Å². The van der Waals surface area contributed by atoms with Gasteiger partial charge in [0.1, 0.15) is 45.1 Å². The van der Waals surface area contributed by atoms with E-state index in [1.807, 2.05) is 5.38 Å². The normalized spacial score (nSPS) is 26.8. The van der Waals surface area contributed by atoms with E-state index in [1.54, 1.807) is 24.4 Å². The van der Waals surface area contributed by atoms with Crippen LogP contribution in [0.5, 0.6) is 0 Å². The van der Waals surface area contributed by atoms with Gasteiger partial charge in [0.25, 0.3) is 0 Å². The van der Waals surface area contributed by atoms with E-state index in [0.29, 0.717) is 30.2 Å². The van der Waals surface area contributed by atoms with E-state index in [9.17, 15) is 15.3 Å². The number of aliphatic hydroxyl groups excluding tert-OH is 3. The molecule has 0 radical (unpaired) electrons. The van der Waals surface area contributed by atoms with Gasteiger partial charge in [-0.3, -0.25) is 0 Å². The summed E-state index contributed by atoms with van der Waals surface area (Å²) in [6.45, 7) is -0.427. The van der Waals surface area contributed by atoms with E-state index in [-0.39, 0.29) is 0 Å². The van der Waals surface area contributed by atoms with Crippen molar-refractivity contribution in [1.29, 1.82) is 0 Å². The number of rotatable bonds is 5. The summed E-state index contributed by atoms with van der Waals surface area (Å²) in [4.78, 5) is 5.01. The molecule has 3 unspecified atom stereocenters. The van der Waals surface area contributed by atoms with Gasteiger partial charge >= 0.3 is 0 Å². The second-order valence-electron chi connectivity index (χ2n) is 6.45. The third kappa shape index (κ3) is 4.54. The van der Waals surface area contributed by atoms with Crippen molar-refractivity contribution in [3.05, 3.63) is 44.4 Å². The second kappa shape index (κ2) is 9.39. The van der Waals surface area contributed by atoms with Crippen molar-refractivity contribution in [2.24, 2.45) is 0 Å². The smallest absolute Gasteiger partial charge is 0.146 e. The highest BCUT2D eigenvalue weighted by Crippen LogP contribution is 2.39. The van der Waals surface area contributed by atoms with Crippen LogP contribution >= 0.6 is 62.2 Å². The predicted octanol–water partition coefficient (Wildman–Crippen LogP) is 3.24. The molecule has 8 nitrogen and oxygen atoms in total. The highest BCUT2D eigenvalue weighted by Gasteiger charge is 2.46. The lowest BCUT2D eigenvalue weighted by Gasteiger charge is -2.41. The molecule has 3 aromatic rings. The van der Waals surface area contributed by atoms with Crippen molar-refractivity contribution < 1.29 is 20.1 Å². The fourth-order valence-electron chi connectivity index (χ4n) is 3.05. The summed E-state index contributed by atoms with van der Waals surface area (Å²) < 4.78 is 7.80. The maximum atomic E-state index is 11.0. The summed E-state index contributed by atoms with van der Waals surface area (Å²) in [6.07, 6.45) is -1.67. The second-order valence-corrected chi connectivity index (χ2v) is 10.1. The molecule has 2 aromatic heterocycles. The molecule has 0 spiro atoms. The molecule has 3 N–H and O–H groups in total. The van der Waals surface area contributed by atoms with Gasteiger partial charge in [-0.1, -0.05) is 40.2 Å². The van der Waals surface area contributed by atoms with Crippen LogP contribution in [-0.4, -0.2) is 65.7 Å². The Morgan fingerprint density at radius 3 is 2.70 bits per heavy atom. The van der Waals surface area contributed by atoms with Crippen LogP contribution in [0.2, 0.25) is 10.0 Å². The average Bonchev–Trinajstić information content (AvgIpc) is 3.36. The lowest BCUT2D eigenvalue weighted by atomic mass is 9.97. The van der Waals surface area contributed by atoms with Crippen molar-refractivity contribution in [3.63, 3.8) is 0 Å². The first-order valence-electron chi connectivity index (χ1n) is 8.64. The van der Waals surface area contributed by atoms with Gasteiger partial charge in [-0.25, -0.2) is 9.67 Å². The van der Waals surface area contributed by atoms with E-state index >= 15 is 0 Å². The van der Waals surface area contributed by atoms with Gasteiger partial charge < -0.3 is 20.1 Å². The van der Waals surface area contributed by atoms with Crippen LogP contribution in [0, 0.1) is 0 Å². The van der Waals surface area contributed by atoms with Gasteiger partial charge in [-0.2, -0.15) is 0 Å². The van der Waals surface area contributed by atoms with Gasteiger partial charge in [0.15, 0.2) is 0 Å². The van der Waals surface area contributed by atoms with Gasteiger partial charge in [0.05, 0.1) is 22.8 Å². The van der Waals surface area contributed by atoms with Gasteiger partial charge in [-0.15, -0.1) is 16.4 Å². The number of thiazole rings is 1. The standard InChI is InChI=1S/C17H15BrCl2N4O4S2/c18-12-6-29-16(21-12)10-4-24(23-22-10)13-14(26)11(5-25)28-17(15(13)27)30-7-1-2-8(19)9(20)3-7/h1-4,6,11,13-15,17,25-27H,5H2/t11?,13?,14-,15?,17+/m0/s1. The predicted molar refractivity (Wildman–Crippen MR) is 118 cm³/mol. The molecule has 13 heteroatoms. The number of nitrogens with zero attached hydrogens (tertiary/aromatic N) is 4. The summed E-state index contributed by atoms with van der Waals surface area (Å²) in [5, 5.41) is 42.8. The van der Waals surface area contributed by atoms with Gasteiger partial charge in [0.2, 0.25) is 0 Å². The fourth-order valence-corrected chi connectivity index (χ4v) is 5.72. The van der Waals surface area contributed by atoms with E-state index in [2.05, 4.69) is 31.2 Å². The van der Waals surface area contributed by atoms with Crippen molar-refractivity contribution in [3.8, 4) is 10.7 Å². The van der Waals surface area contributed by atoms with Crippen molar-refractivity contribution in [1.82, 2.24) is 20.0 Å². The summed E-state index contributed by atoms with van der Waals surface area (Å²) >= 11 is 17.9. The zero-order valence-corrected chi connectivity index (χ0v) is 19.7. The number of aromatic nitrogens is 4. The Hall–Kier alpha value is -0.760. The first-order valence-corrected chi connectivity index (χ1v) is 12.0. The molecule has 160 valence electrons. The largest absolute Gasteiger partial charge is 0.394 e. The van der Waals surface area contributed by atoms with Gasteiger partial charge in [-0.05, 0) is 34.1 Å². The topological polar surface area (TPSA) is 114 Å². The number of benzene rings is 1. The molecule has 1 aliphatic rings. The van der Waals surface area contributed by atoms with Crippen molar-refractivity contribution in [2.75, 3.05) is 6.61 Å². The third-order valence-electron chi connectivity index (χ3n) is 4.50. The van der Waals surface area contributed by atoms with Crippen LogP contribution < -0.4 is 0 Å². The molecular formula is C17H15BrCl2N4O4S2. The zero-order chi connectivity index (χ0) is 21.4. The lowest BCUT2D eigenvalue weighted by Crippen LogP contribution is -2.55. The monoisotopic (exact) mass is 552 g/mol. The molecule has 0 amide bonds. The Labute approximate surface area is 197 Å². The molecule has 0 aliphatic carbocycles. The Morgan fingerprint density at radius 1 is 1.23 bits per heavy atom. The minimum absolute atomic E-state index is 0.373. The number of halogens is 3. The summed E-state index contributed by atoms with van der Waals surface area (Å²) in [6, 6.07) is 4.16. The SMILES string of the molecule is OCC1O[C@H](Sc2ccc(Cl)c(Cl)c2)C(O)C(n2cc(-c3nc(Br)cs3)nn2)[C@H]1O. The number of ether oxygens (including phenoxy) is 1. The van der Waals surface area contributed by atoms with E-state index in [0.717, 1.165) is 0 Å². The number of hydrogen-bond donors (Lipinski definition) is 3. The van der Waals surface area contributed by atoms with E-state index in [4.69, 9.17) is 27.9 Å². The molecule has 0 bridgehead atoms. The fraction of sp³-hybridized carbons (Fsp3) is 0.353. The Bertz CT molecular complexity index is 1040. The molecule has 1 aromatic carbocycles. The number of hydrogen-bond acceptors (Lipinski definition) is 9. The minimum Gasteiger partial charge on any atom is -0.394 e. The molecule has 0 saturated carbocycles. The van der Waals surface area contributed by atoms with Crippen molar-refractivity contribution in [2.45, 2.75) is 34.7 Å². The van der Waals surface area contributed by atoms with Gasteiger partial charge in [0, 0.05) is 10.3 Å². The quantitative estimate of drug-likeness (QED) is 0.441. The summed E-state index contributed by atoms with van der Waals surface area (Å²) in [5.41, 5.74) is -0.291. The number of thioether (sulfide) groups is 1. The zero-order valence-electron chi connectivity index (χ0n) is 15.0. The molecule has 5 atom stereocenters. The Morgan fingerprint density at radius 2 is 2.03 bits per heavy atom.